The molecule has 1 saturated heterocycles. The zero-order chi connectivity index (χ0) is 22.9. The number of rotatable bonds is 6. The number of carbonyl (C=O) groups is 1. The van der Waals surface area contributed by atoms with Gasteiger partial charge in [0.15, 0.2) is 5.16 Å². The van der Waals surface area contributed by atoms with Gasteiger partial charge in [0.25, 0.3) is 5.56 Å². The third kappa shape index (κ3) is 4.22. The lowest BCUT2D eigenvalue weighted by Gasteiger charge is -2.16. The van der Waals surface area contributed by atoms with Crippen molar-refractivity contribution in [1.82, 2.24) is 14.5 Å². The molecule has 0 radical (unpaired) electrons. The smallest absolute Gasteiger partial charge is 0.272 e. The van der Waals surface area contributed by atoms with Gasteiger partial charge in [0.2, 0.25) is 5.91 Å². The summed E-state index contributed by atoms with van der Waals surface area (Å²) in [5, 5.41) is 0.776. The Balaban J connectivity index is 1.58. The molecule has 1 fully saturated rings. The molecule has 0 N–H and O–H groups in total. The molecule has 2 aromatic carbocycles. The Hall–Kier alpha value is -2.91. The van der Waals surface area contributed by atoms with Gasteiger partial charge in [-0.05, 0) is 42.7 Å². The topological polar surface area (TPSA) is 64.4 Å². The van der Waals surface area contributed by atoms with Crippen LogP contribution in [0.25, 0.3) is 20.3 Å². The number of thiophene rings is 1. The minimum absolute atomic E-state index is 0.0317. The summed E-state index contributed by atoms with van der Waals surface area (Å²) in [6, 6.07) is 12.3. The highest BCUT2D eigenvalue weighted by Crippen LogP contribution is 2.34. The maximum absolute atomic E-state index is 14.6. The van der Waals surface area contributed by atoms with Crippen molar-refractivity contribution >= 4 is 49.3 Å². The molecule has 2 aromatic heterocycles. The van der Waals surface area contributed by atoms with E-state index in [0.29, 0.717) is 32.0 Å². The van der Waals surface area contributed by atoms with E-state index in [1.54, 1.807) is 23.8 Å². The van der Waals surface area contributed by atoms with E-state index in [2.05, 4.69) is 0 Å². The summed E-state index contributed by atoms with van der Waals surface area (Å²) < 4.78 is 22.5. The van der Waals surface area contributed by atoms with E-state index in [-0.39, 0.29) is 17.2 Å². The highest BCUT2D eigenvalue weighted by atomic mass is 32.2. The quantitative estimate of drug-likeness (QED) is 0.298. The fourth-order valence-corrected chi connectivity index (χ4v) is 6.05. The number of ether oxygens (including phenoxy) is 1. The molecule has 4 aromatic rings. The summed E-state index contributed by atoms with van der Waals surface area (Å²) >= 11 is 2.48. The fraction of sp³-hybridized carbons (Fsp3) is 0.292. The molecule has 3 heterocycles. The van der Waals surface area contributed by atoms with E-state index in [0.717, 1.165) is 37.2 Å². The minimum Gasteiger partial charge on any atom is -0.497 e. The number of fused-ring (bicyclic) bond motifs is 3. The first-order chi connectivity index (χ1) is 16.0. The first kappa shape index (κ1) is 21.9. The van der Waals surface area contributed by atoms with E-state index in [1.807, 2.05) is 29.2 Å². The summed E-state index contributed by atoms with van der Waals surface area (Å²) in [5.41, 5.74) is 1.03. The molecule has 1 aliphatic rings. The number of amides is 1. The maximum Gasteiger partial charge on any atom is 0.272 e. The standard InChI is InChI=1S/C24H22FN3O3S2/c1-31-16-9-7-15(8-10-16)13-28-23(30)22-21(20-17(25)5-4-6-18(20)33-22)26-24(28)32-14-19(29)27-11-2-3-12-27/h4-10H,2-3,11-14H2,1H3. The lowest BCUT2D eigenvalue weighted by molar-refractivity contribution is -0.127. The largest absolute Gasteiger partial charge is 0.497 e. The highest BCUT2D eigenvalue weighted by molar-refractivity contribution is 7.99. The first-order valence-electron chi connectivity index (χ1n) is 10.7. The van der Waals surface area contributed by atoms with Crippen molar-refractivity contribution in [3.05, 3.63) is 64.2 Å². The highest BCUT2D eigenvalue weighted by Gasteiger charge is 2.22. The van der Waals surface area contributed by atoms with Gasteiger partial charge >= 0.3 is 0 Å². The van der Waals surface area contributed by atoms with Crippen LogP contribution in [-0.2, 0) is 11.3 Å². The Morgan fingerprint density at radius 3 is 2.67 bits per heavy atom. The van der Waals surface area contributed by atoms with E-state index >= 15 is 0 Å². The third-order valence-corrected chi connectivity index (χ3v) is 7.89. The Morgan fingerprint density at radius 2 is 1.94 bits per heavy atom. The van der Waals surface area contributed by atoms with Crippen LogP contribution in [0.2, 0.25) is 0 Å². The molecule has 6 nitrogen and oxygen atoms in total. The van der Waals surface area contributed by atoms with Crippen LogP contribution in [0.3, 0.4) is 0 Å². The average Bonchev–Trinajstić information content (AvgIpc) is 3.49. The number of likely N-dealkylation sites (tertiary alicyclic amines) is 1. The second-order valence-electron chi connectivity index (χ2n) is 7.90. The predicted molar refractivity (Wildman–Crippen MR) is 130 cm³/mol. The lowest BCUT2D eigenvalue weighted by atomic mass is 10.2. The average molecular weight is 484 g/mol. The normalized spacial score (nSPS) is 13.8. The summed E-state index contributed by atoms with van der Waals surface area (Å²) in [7, 11) is 1.60. The van der Waals surface area contributed by atoms with E-state index in [9.17, 15) is 14.0 Å². The van der Waals surface area contributed by atoms with Gasteiger partial charge in [-0.2, -0.15) is 0 Å². The number of carbonyl (C=O) groups excluding carboxylic acids is 1. The van der Waals surface area contributed by atoms with Gasteiger partial charge < -0.3 is 9.64 Å². The van der Waals surface area contributed by atoms with E-state index in [1.165, 1.54) is 29.2 Å². The summed E-state index contributed by atoms with van der Waals surface area (Å²) in [4.78, 5) is 32.7. The summed E-state index contributed by atoms with van der Waals surface area (Å²) in [6.45, 7) is 1.83. The van der Waals surface area contributed by atoms with Crippen molar-refractivity contribution < 1.29 is 13.9 Å². The summed E-state index contributed by atoms with van der Waals surface area (Å²) in [6.07, 6.45) is 2.03. The van der Waals surface area contributed by atoms with Crippen LogP contribution in [0.4, 0.5) is 4.39 Å². The minimum atomic E-state index is -0.400. The van der Waals surface area contributed by atoms with Crippen LogP contribution >= 0.6 is 23.1 Å². The number of halogens is 1. The molecule has 0 saturated carbocycles. The van der Waals surface area contributed by atoms with Gasteiger partial charge in [0.05, 0.1) is 24.8 Å². The second kappa shape index (κ2) is 9.15. The van der Waals surface area contributed by atoms with Crippen LogP contribution in [0.5, 0.6) is 5.75 Å². The Bertz CT molecular complexity index is 1390. The number of thioether (sulfide) groups is 1. The molecule has 0 aliphatic carbocycles. The zero-order valence-corrected chi connectivity index (χ0v) is 19.7. The number of hydrogen-bond acceptors (Lipinski definition) is 6. The number of benzene rings is 2. The van der Waals surface area contributed by atoms with Gasteiger partial charge in [-0.15, -0.1) is 11.3 Å². The van der Waals surface area contributed by atoms with Crippen LogP contribution in [0.1, 0.15) is 18.4 Å². The van der Waals surface area contributed by atoms with E-state index in [4.69, 9.17) is 9.72 Å². The number of nitrogens with zero attached hydrogens (tertiary/aromatic N) is 3. The molecular formula is C24H22FN3O3S2. The summed E-state index contributed by atoms with van der Waals surface area (Å²) in [5.74, 6) is 0.544. The Morgan fingerprint density at radius 1 is 1.18 bits per heavy atom. The lowest BCUT2D eigenvalue weighted by Crippen LogP contribution is -2.30. The molecule has 170 valence electrons. The number of aromatic nitrogens is 2. The first-order valence-corrected chi connectivity index (χ1v) is 12.5. The van der Waals surface area contributed by atoms with Crippen molar-refractivity contribution in [3.8, 4) is 5.75 Å². The van der Waals surface area contributed by atoms with Gasteiger partial charge in [-0.25, -0.2) is 9.37 Å². The van der Waals surface area contributed by atoms with Gasteiger partial charge in [0, 0.05) is 17.8 Å². The van der Waals surface area contributed by atoms with Crippen molar-refractivity contribution in [2.45, 2.75) is 24.5 Å². The number of methoxy groups -OCH3 is 1. The SMILES string of the molecule is COc1ccc(Cn2c(SCC(=O)N3CCCC3)nc3c(sc4cccc(F)c43)c2=O)cc1. The van der Waals surface area contributed by atoms with Gasteiger partial charge in [0.1, 0.15) is 21.8 Å². The van der Waals surface area contributed by atoms with Crippen molar-refractivity contribution in [3.63, 3.8) is 0 Å². The molecule has 0 spiro atoms. The third-order valence-electron chi connectivity index (χ3n) is 5.80. The molecule has 1 amide bonds. The molecule has 5 rings (SSSR count). The molecule has 0 unspecified atom stereocenters. The molecule has 0 atom stereocenters. The molecule has 1 aliphatic heterocycles. The van der Waals surface area contributed by atoms with Crippen LogP contribution < -0.4 is 10.3 Å². The van der Waals surface area contributed by atoms with Gasteiger partial charge in [-0.3, -0.25) is 14.2 Å². The predicted octanol–water partition coefficient (Wildman–Crippen LogP) is 4.52. The van der Waals surface area contributed by atoms with Crippen molar-refractivity contribution in [1.29, 1.82) is 0 Å². The molecule has 33 heavy (non-hydrogen) atoms. The van der Waals surface area contributed by atoms with Crippen molar-refractivity contribution in [2.75, 3.05) is 26.0 Å². The Kier molecular flexibility index (Phi) is 6.07. The van der Waals surface area contributed by atoms with E-state index < -0.39 is 5.82 Å². The van der Waals surface area contributed by atoms with Crippen LogP contribution in [0.15, 0.2) is 52.4 Å². The monoisotopic (exact) mass is 483 g/mol. The molecular weight excluding hydrogens is 461 g/mol. The van der Waals surface area contributed by atoms with Crippen molar-refractivity contribution in [2.24, 2.45) is 0 Å². The Labute approximate surface area is 198 Å². The zero-order valence-electron chi connectivity index (χ0n) is 18.0. The second-order valence-corrected chi connectivity index (χ2v) is 9.90. The number of hydrogen-bond donors (Lipinski definition) is 0. The van der Waals surface area contributed by atoms with Crippen LogP contribution in [-0.4, -0.2) is 46.3 Å². The van der Waals surface area contributed by atoms with Crippen LogP contribution in [0, 0.1) is 5.82 Å². The maximum atomic E-state index is 14.6. The molecule has 0 bridgehead atoms. The van der Waals surface area contributed by atoms with Gasteiger partial charge in [-0.1, -0.05) is 30.0 Å². The fourth-order valence-electron chi connectivity index (χ4n) is 4.06. The molecule has 9 heteroatoms.